The summed E-state index contributed by atoms with van der Waals surface area (Å²) in [5.41, 5.74) is 2.18. The summed E-state index contributed by atoms with van der Waals surface area (Å²) in [5.74, 6) is 0. The molecule has 0 saturated heterocycles. The highest BCUT2D eigenvalue weighted by atomic mass is 16.1. The zero-order valence-corrected chi connectivity index (χ0v) is 16.0. The van der Waals surface area contributed by atoms with Gasteiger partial charge in [-0.1, -0.05) is 89.7 Å². The normalized spacial score (nSPS) is 11.2. The Morgan fingerprint density at radius 2 is 1.32 bits per heavy atom. The molecule has 0 atom stereocenters. The minimum atomic E-state index is 0.142. The number of rotatable bonds is 13. The van der Waals surface area contributed by atoms with E-state index in [2.05, 4.69) is 11.9 Å². The minimum Gasteiger partial charge on any atom is -0.358 e. The number of aryl methyl sites for hydroxylation is 1. The molecule has 0 amide bonds. The van der Waals surface area contributed by atoms with Crippen molar-refractivity contribution in [3.8, 4) is 0 Å². The van der Waals surface area contributed by atoms with Crippen molar-refractivity contribution in [2.45, 2.75) is 90.4 Å². The van der Waals surface area contributed by atoms with Crippen LogP contribution in [0.4, 0.5) is 0 Å². The van der Waals surface area contributed by atoms with E-state index in [-0.39, 0.29) is 5.43 Å². The van der Waals surface area contributed by atoms with E-state index in [9.17, 15) is 4.79 Å². The van der Waals surface area contributed by atoms with Crippen molar-refractivity contribution in [3.05, 3.63) is 46.2 Å². The number of aromatic nitrogens is 1. The quantitative estimate of drug-likeness (QED) is 0.400. The van der Waals surface area contributed by atoms with Crippen LogP contribution in [-0.4, -0.2) is 4.98 Å². The van der Waals surface area contributed by atoms with Crippen LogP contribution in [0.1, 0.15) is 89.7 Å². The van der Waals surface area contributed by atoms with Crippen molar-refractivity contribution < 1.29 is 0 Å². The molecule has 2 nitrogen and oxygen atoms in total. The lowest BCUT2D eigenvalue weighted by Crippen LogP contribution is -2.05. The maximum Gasteiger partial charge on any atom is 0.189 e. The Morgan fingerprint density at radius 1 is 0.760 bits per heavy atom. The molecule has 2 aromatic rings. The van der Waals surface area contributed by atoms with Crippen molar-refractivity contribution in [2.24, 2.45) is 0 Å². The van der Waals surface area contributed by atoms with Crippen LogP contribution in [0.25, 0.3) is 10.9 Å². The van der Waals surface area contributed by atoms with Crippen LogP contribution >= 0.6 is 0 Å². The molecule has 2 rings (SSSR count). The van der Waals surface area contributed by atoms with E-state index in [1.165, 1.54) is 77.0 Å². The van der Waals surface area contributed by atoms with Gasteiger partial charge in [-0.05, 0) is 25.0 Å². The van der Waals surface area contributed by atoms with Gasteiger partial charge in [0.15, 0.2) is 5.43 Å². The highest BCUT2D eigenvalue weighted by molar-refractivity contribution is 5.78. The largest absolute Gasteiger partial charge is 0.358 e. The van der Waals surface area contributed by atoms with E-state index in [0.29, 0.717) is 0 Å². The number of H-pyrrole nitrogens is 1. The number of unbranched alkanes of at least 4 members (excludes halogenated alkanes) is 11. The van der Waals surface area contributed by atoms with Crippen molar-refractivity contribution in [1.29, 1.82) is 0 Å². The van der Waals surface area contributed by atoms with Gasteiger partial charge in [-0.15, -0.1) is 0 Å². The number of para-hydroxylation sites is 1. The Kier molecular flexibility index (Phi) is 9.40. The summed E-state index contributed by atoms with van der Waals surface area (Å²) < 4.78 is 0. The molecular formula is C23H35NO. The van der Waals surface area contributed by atoms with Gasteiger partial charge in [0.1, 0.15) is 0 Å². The van der Waals surface area contributed by atoms with E-state index in [1.807, 2.05) is 24.3 Å². The van der Waals surface area contributed by atoms with Crippen LogP contribution in [0, 0.1) is 0 Å². The molecule has 0 bridgehead atoms. The Hall–Kier alpha value is -1.57. The van der Waals surface area contributed by atoms with Crippen LogP contribution in [-0.2, 0) is 6.42 Å². The third kappa shape index (κ3) is 7.46. The number of nitrogens with one attached hydrogen (secondary N) is 1. The second-order valence-corrected chi connectivity index (χ2v) is 7.34. The monoisotopic (exact) mass is 341 g/mol. The number of benzene rings is 1. The van der Waals surface area contributed by atoms with Gasteiger partial charge in [-0.2, -0.15) is 0 Å². The molecule has 138 valence electrons. The standard InChI is InChI=1S/C23H35NO/c1-2-3-4-5-6-7-8-9-10-11-12-13-16-20-19-23(25)21-17-14-15-18-22(21)24-20/h14-15,17-19H,2-13,16H2,1H3,(H,24,25). The SMILES string of the molecule is CCCCCCCCCCCCCCc1cc(=O)c2ccccc2[nH]1. The summed E-state index contributed by atoms with van der Waals surface area (Å²) in [6.07, 6.45) is 17.4. The molecule has 25 heavy (non-hydrogen) atoms. The summed E-state index contributed by atoms with van der Waals surface area (Å²) in [5, 5.41) is 0.793. The lowest BCUT2D eigenvalue weighted by Gasteiger charge is -2.05. The van der Waals surface area contributed by atoms with Gasteiger partial charge < -0.3 is 4.98 Å². The fourth-order valence-electron chi connectivity index (χ4n) is 3.54. The van der Waals surface area contributed by atoms with Gasteiger partial charge >= 0.3 is 0 Å². The first-order valence-corrected chi connectivity index (χ1v) is 10.4. The molecule has 0 spiro atoms. The van der Waals surface area contributed by atoms with Gasteiger partial charge in [-0.25, -0.2) is 0 Å². The third-order valence-electron chi connectivity index (χ3n) is 5.09. The van der Waals surface area contributed by atoms with E-state index >= 15 is 0 Å². The molecule has 0 unspecified atom stereocenters. The Bertz CT molecular complexity index is 658. The first-order valence-electron chi connectivity index (χ1n) is 10.4. The zero-order chi connectivity index (χ0) is 17.7. The first-order chi connectivity index (χ1) is 12.3. The van der Waals surface area contributed by atoms with Crippen LogP contribution in [0.3, 0.4) is 0 Å². The highest BCUT2D eigenvalue weighted by Gasteiger charge is 2.01. The molecule has 0 aliphatic carbocycles. The number of aromatic amines is 1. The smallest absolute Gasteiger partial charge is 0.189 e. The van der Waals surface area contributed by atoms with Crippen molar-refractivity contribution in [3.63, 3.8) is 0 Å². The summed E-state index contributed by atoms with van der Waals surface area (Å²) in [6.45, 7) is 2.28. The summed E-state index contributed by atoms with van der Waals surface area (Å²) in [7, 11) is 0. The van der Waals surface area contributed by atoms with Crippen molar-refractivity contribution in [2.75, 3.05) is 0 Å². The molecule has 2 heteroatoms. The second-order valence-electron chi connectivity index (χ2n) is 7.34. The predicted octanol–water partition coefficient (Wildman–Crippen LogP) is 6.77. The molecule has 1 heterocycles. The zero-order valence-electron chi connectivity index (χ0n) is 16.0. The Morgan fingerprint density at radius 3 is 1.96 bits per heavy atom. The molecule has 1 aromatic carbocycles. The fourth-order valence-corrected chi connectivity index (χ4v) is 3.54. The van der Waals surface area contributed by atoms with Crippen molar-refractivity contribution in [1.82, 2.24) is 4.98 Å². The van der Waals surface area contributed by atoms with Crippen LogP contribution in [0.2, 0.25) is 0 Å². The van der Waals surface area contributed by atoms with Crippen LogP contribution < -0.4 is 5.43 Å². The van der Waals surface area contributed by atoms with E-state index in [0.717, 1.165) is 23.0 Å². The third-order valence-corrected chi connectivity index (χ3v) is 5.09. The molecule has 0 radical (unpaired) electrons. The topological polar surface area (TPSA) is 32.9 Å². The average molecular weight is 342 g/mol. The van der Waals surface area contributed by atoms with Crippen LogP contribution in [0.5, 0.6) is 0 Å². The number of pyridine rings is 1. The van der Waals surface area contributed by atoms with Crippen LogP contribution in [0.15, 0.2) is 35.1 Å². The fraction of sp³-hybridized carbons (Fsp3) is 0.609. The molecular weight excluding hydrogens is 306 g/mol. The molecule has 0 aliphatic rings. The first kappa shape index (κ1) is 19.8. The lowest BCUT2D eigenvalue weighted by atomic mass is 10.0. The molecule has 0 saturated carbocycles. The molecule has 1 aromatic heterocycles. The Labute approximate surface area is 153 Å². The summed E-state index contributed by atoms with van der Waals surface area (Å²) >= 11 is 0. The van der Waals surface area contributed by atoms with E-state index in [1.54, 1.807) is 6.07 Å². The molecule has 0 aliphatic heterocycles. The Balaban J connectivity index is 1.53. The number of fused-ring (bicyclic) bond motifs is 1. The molecule has 1 N–H and O–H groups in total. The summed E-state index contributed by atoms with van der Waals surface area (Å²) in [4.78, 5) is 15.5. The van der Waals surface area contributed by atoms with E-state index in [4.69, 9.17) is 0 Å². The van der Waals surface area contributed by atoms with Gasteiger partial charge in [0.25, 0.3) is 0 Å². The van der Waals surface area contributed by atoms with E-state index < -0.39 is 0 Å². The number of hydrogen-bond acceptors (Lipinski definition) is 1. The average Bonchev–Trinajstić information content (AvgIpc) is 2.63. The second kappa shape index (κ2) is 11.9. The lowest BCUT2D eigenvalue weighted by molar-refractivity contribution is 0.543. The van der Waals surface area contributed by atoms with Gasteiger partial charge in [-0.3, -0.25) is 4.79 Å². The van der Waals surface area contributed by atoms with Gasteiger partial charge in [0, 0.05) is 22.7 Å². The maximum absolute atomic E-state index is 12.1. The maximum atomic E-state index is 12.1. The minimum absolute atomic E-state index is 0.142. The van der Waals surface area contributed by atoms with Crippen molar-refractivity contribution >= 4 is 10.9 Å². The number of hydrogen-bond donors (Lipinski definition) is 1. The predicted molar refractivity (Wildman–Crippen MR) is 109 cm³/mol. The summed E-state index contributed by atoms with van der Waals surface area (Å²) in [6, 6.07) is 9.55. The highest BCUT2D eigenvalue weighted by Crippen LogP contribution is 2.13. The van der Waals surface area contributed by atoms with Gasteiger partial charge in [0.2, 0.25) is 0 Å². The molecule has 0 fully saturated rings. The van der Waals surface area contributed by atoms with Gasteiger partial charge in [0.05, 0.1) is 0 Å².